The van der Waals surface area contributed by atoms with Gasteiger partial charge in [0.15, 0.2) is 17.3 Å². The van der Waals surface area contributed by atoms with Gasteiger partial charge in [0.2, 0.25) is 6.79 Å². The molecular formula is C31H32BrNO6. The summed E-state index contributed by atoms with van der Waals surface area (Å²) in [6.07, 6.45) is 5.94. The summed E-state index contributed by atoms with van der Waals surface area (Å²) in [6.45, 7) is 2.02. The van der Waals surface area contributed by atoms with Gasteiger partial charge in [-0.2, -0.15) is 0 Å². The Morgan fingerprint density at radius 1 is 1.03 bits per heavy atom. The van der Waals surface area contributed by atoms with E-state index in [1.54, 1.807) is 7.11 Å². The zero-order chi connectivity index (χ0) is 27.1. The molecule has 0 saturated heterocycles. The van der Waals surface area contributed by atoms with Crippen LogP contribution in [0.1, 0.15) is 74.8 Å². The van der Waals surface area contributed by atoms with Gasteiger partial charge in [0.25, 0.3) is 0 Å². The fraction of sp³-hybridized carbons (Fsp3) is 0.452. The van der Waals surface area contributed by atoms with Crippen LogP contribution in [0, 0.1) is 5.92 Å². The number of carbonyl (C=O) groups excluding carboxylic acids is 2. The summed E-state index contributed by atoms with van der Waals surface area (Å²) in [4.78, 5) is 32.7. The second-order valence-electron chi connectivity index (χ2n) is 10.8. The summed E-state index contributed by atoms with van der Waals surface area (Å²) in [6, 6.07) is 11.6. The molecule has 2 aromatic carbocycles. The van der Waals surface area contributed by atoms with Crippen LogP contribution in [-0.2, 0) is 14.3 Å². The predicted molar refractivity (Wildman–Crippen MR) is 150 cm³/mol. The molecule has 4 aliphatic rings. The van der Waals surface area contributed by atoms with E-state index in [4.69, 9.17) is 23.9 Å². The topological polar surface area (TPSA) is 83.4 Å². The van der Waals surface area contributed by atoms with Crippen LogP contribution < -0.4 is 14.2 Å². The van der Waals surface area contributed by atoms with Gasteiger partial charge >= 0.3 is 5.97 Å². The maximum absolute atomic E-state index is 14.0. The molecular weight excluding hydrogens is 562 g/mol. The monoisotopic (exact) mass is 593 g/mol. The SMILES string of the molecule is COc1ccc([C@@H]2CC(=O)C3=C(C2)N=C(C)C(C(=O)OC2CCCCC2)[C@H]3c2cc3c(cc2Br)OCO3)cc1. The van der Waals surface area contributed by atoms with Gasteiger partial charge in [-0.3, -0.25) is 14.6 Å². The Labute approximate surface area is 236 Å². The highest BCUT2D eigenvalue weighted by molar-refractivity contribution is 9.10. The summed E-state index contributed by atoms with van der Waals surface area (Å²) in [7, 11) is 1.64. The van der Waals surface area contributed by atoms with Crippen molar-refractivity contribution in [3.8, 4) is 17.2 Å². The number of benzene rings is 2. The third kappa shape index (κ3) is 4.99. The normalized spacial score (nSPS) is 24.7. The van der Waals surface area contributed by atoms with Gasteiger partial charge in [-0.15, -0.1) is 0 Å². The number of nitrogens with zero attached hydrogens (tertiary/aromatic N) is 1. The molecule has 39 heavy (non-hydrogen) atoms. The van der Waals surface area contributed by atoms with E-state index in [1.165, 1.54) is 6.42 Å². The zero-order valence-electron chi connectivity index (χ0n) is 22.2. The molecule has 0 N–H and O–H groups in total. The first-order chi connectivity index (χ1) is 18.9. The Morgan fingerprint density at radius 3 is 2.46 bits per heavy atom. The van der Waals surface area contributed by atoms with Gasteiger partial charge in [-0.1, -0.05) is 34.5 Å². The number of fused-ring (bicyclic) bond motifs is 1. The molecule has 0 amide bonds. The quantitative estimate of drug-likeness (QED) is 0.361. The molecule has 0 spiro atoms. The fourth-order valence-corrected chi connectivity index (χ4v) is 6.97. The third-order valence-corrected chi connectivity index (χ3v) is 9.08. The molecule has 1 fully saturated rings. The highest BCUT2D eigenvalue weighted by Crippen LogP contribution is 2.50. The lowest BCUT2D eigenvalue weighted by Crippen LogP contribution is -2.39. The molecule has 2 aromatic rings. The molecule has 0 aromatic heterocycles. The predicted octanol–water partition coefficient (Wildman–Crippen LogP) is 6.64. The van der Waals surface area contributed by atoms with E-state index in [9.17, 15) is 9.59 Å². The van der Waals surface area contributed by atoms with Gasteiger partial charge in [0, 0.05) is 33.8 Å². The van der Waals surface area contributed by atoms with Crippen molar-refractivity contribution in [3.05, 3.63) is 63.3 Å². The van der Waals surface area contributed by atoms with E-state index in [-0.39, 0.29) is 30.6 Å². The number of allylic oxidation sites excluding steroid dienone is 2. The summed E-state index contributed by atoms with van der Waals surface area (Å²) in [5, 5.41) is 0. The van der Waals surface area contributed by atoms with Gasteiger partial charge < -0.3 is 18.9 Å². The number of methoxy groups -OCH3 is 1. The van der Waals surface area contributed by atoms with Crippen molar-refractivity contribution in [2.45, 2.75) is 69.8 Å². The Kier molecular flexibility index (Phi) is 7.23. The van der Waals surface area contributed by atoms with Crippen LogP contribution in [0.4, 0.5) is 0 Å². The first kappa shape index (κ1) is 26.1. The minimum absolute atomic E-state index is 0.00490. The Balaban J connectivity index is 1.40. The van der Waals surface area contributed by atoms with E-state index in [1.807, 2.05) is 43.3 Å². The Hall–Kier alpha value is -3.13. The number of rotatable bonds is 5. The van der Waals surface area contributed by atoms with Crippen LogP contribution in [0.3, 0.4) is 0 Å². The molecule has 1 saturated carbocycles. The maximum atomic E-state index is 14.0. The molecule has 2 aliphatic carbocycles. The third-order valence-electron chi connectivity index (χ3n) is 8.39. The molecule has 7 nitrogen and oxygen atoms in total. The first-order valence-electron chi connectivity index (χ1n) is 13.7. The molecule has 204 valence electrons. The van der Waals surface area contributed by atoms with Crippen molar-refractivity contribution in [2.75, 3.05) is 13.9 Å². The number of hydrogen-bond acceptors (Lipinski definition) is 7. The van der Waals surface area contributed by atoms with Crippen molar-refractivity contribution in [1.82, 2.24) is 0 Å². The molecule has 0 radical (unpaired) electrons. The number of esters is 1. The van der Waals surface area contributed by atoms with Crippen molar-refractivity contribution in [1.29, 1.82) is 0 Å². The smallest absolute Gasteiger partial charge is 0.315 e. The van der Waals surface area contributed by atoms with Crippen LogP contribution in [-0.4, -0.2) is 37.5 Å². The van der Waals surface area contributed by atoms with Crippen molar-refractivity contribution < 1.29 is 28.5 Å². The summed E-state index contributed by atoms with van der Waals surface area (Å²) >= 11 is 3.71. The highest BCUT2D eigenvalue weighted by atomic mass is 79.9. The molecule has 3 atom stereocenters. The first-order valence-corrected chi connectivity index (χ1v) is 14.5. The number of ketones is 1. The number of Topliss-reactive ketones (excluding diaryl/α,β-unsaturated/α-hetero) is 1. The zero-order valence-corrected chi connectivity index (χ0v) is 23.8. The number of aliphatic imine (C=N–C) groups is 1. The van der Waals surface area contributed by atoms with Crippen molar-refractivity contribution in [3.63, 3.8) is 0 Å². The fourth-order valence-electron chi connectivity index (χ4n) is 6.40. The molecule has 2 aliphatic heterocycles. The average molecular weight is 595 g/mol. The maximum Gasteiger partial charge on any atom is 0.315 e. The summed E-state index contributed by atoms with van der Waals surface area (Å²) in [5.41, 5.74) is 3.91. The van der Waals surface area contributed by atoms with E-state index in [0.29, 0.717) is 35.6 Å². The van der Waals surface area contributed by atoms with E-state index in [2.05, 4.69) is 15.9 Å². The Morgan fingerprint density at radius 2 is 1.74 bits per heavy atom. The molecule has 8 heteroatoms. The van der Waals surface area contributed by atoms with Crippen LogP contribution in [0.2, 0.25) is 0 Å². The lowest BCUT2D eigenvalue weighted by molar-refractivity contribution is -0.153. The minimum Gasteiger partial charge on any atom is -0.497 e. The lowest BCUT2D eigenvalue weighted by Gasteiger charge is -2.37. The Bertz CT molecular complexity index is 1360. The van der Waals surface area contributed by atoms with E-state index in [0.717, 1.165) is 52.7 Å². The van der Waals surface area contributed by atoms with Crippen molar-refractivity contribution >= 4 is 33.4 Å². The number of hydrogen-bond donors (Lipinski definition) is 0. The van der Waals surface area contributed by atoms with Gasteiger partial charge in [-0.25, -0.2) is 0 Å². The second kappa shape index (κ2) is 10.8. The standard InChI is InChI=1S/C31H32BrNO6/c1-17-28(31(35)39-21-6-4-3-5-7-21)29(22-14-26-27(15-23(22)32)38-16-37-26)30-24(33-17)12-19(13-25(30)34)18-8-10-20(36-2)11-9-18/h8-11,14-15,19,21,28-29H,3-7,12-13,16H2,1-2H3/t19-,28?,29+/m0/s1. The number of halogens is 1. The van der Waals surface area contributed by atoms with Crippen LogP contribution in [0.25, 0.3) is 0 Å². The minimum atomic E-state index is -0.691. The second-order valence-corrected chi connectivity index (χ2v) is 11.6. The molecule has 2 heterocycles. The van der Waals surface area contributed by atoms with Gasteiger partial charge in [-0.05, 0) is 80.3 Å². The number of ether oxygens (including phenoxy) is 4. The van der Waals surface area contributed by atoms with Crippen LogP contribution >= 0.6 is 15.9 Å². The molecule has 1 unspecified atom stereocenters. The molecule has 6 rings (SSSR count). The lowest BCUT2D eigenvalue weighted by atomic mass is 9.69. The average Bonchev–Trinajstić information content (AvgIpc) is 3.39. The molecule has 0 bridgehead atoms. The van der Waals surface area contributed by atoms with Gasteiger partial charge in [0.05, 0.1) is 7.11 Å². The summed E-state index contributed by atoms with van der Waals surface area (Å²) in [5.74, 6) is 0.508. The largest absolute Gasteiger partial charge is 0.497 e. The highest BCUT2D eigenvalue weighted by Gasteiger charge is 2.46. The van der Waals surface area contributed by atoms with Gasteiger partial charge in [0.1, 0.15) is 17.8 Å². The number of carbonyl (C=O) groups is 2. The van der Waals surface area contributed by atoms with E-state index >= 15 is 0 Å². The van der Waals surface area contributed by atoms with Crippen molar-refractivity contribution in [2.24, 2.45) is 10.9 Å². The van der Waals surface area contributed by atoms with E-state index < -0.39 is 11.8 Å². The summed E-state index contributed by atoms with van der Waals surface area (Å²) < 4.78 is 23.4. The van der Waals surface area contributed by atoms with Crippen LogP contribution in [0.5, 0.6) is 17.2 Å². The van der Waals surface area contributed by atoms with Crippen LogP contribution in [0.15, 0.2) is 57.1 Å².